The number of nitrogens with two attached hydrogens (primary N) is 1. The van der Waals surface area contributed by atoms with E-state index in [0.717, 1.165) is 32.7 Å². The van der Waals surface area contributed by atoms with Crippen molar-refractivity contribution in [2.75, 3.05) is 40.0 Å². The van der Waals surface area contributed by atoms with Crippen LogP contribution in [-0.4, -0.2) is 45.6 Å². The second kappa shape index (κ2) is 4.77. The molecule has 0 aromatic rings. The van der Waals surface area contributed by atoms with Gasteiger partial charge in [-0.2, -0.15) is 0 Å². The monoisotopic (exact) mass is 174 g/mol. The predicted molar refractivity (Wildman–Crippen MR) is 47.1 cm³/mol. The van der Waals surface area contributed by atoms with Crippen LogP contribution in [0.1, 0.15) is 6.42 Å². The van der Waals surface area contributed by atoms with Gasteiger partial charge >= 0.3 is 0 Å². The molecule has 72 valence electrons. The highest BCUT2D eigenvalue weighted by Gasteiger charge is 2.29. The fourth-order valence-electron chi connectivity index (χ4n) is 1.27. The lowest BCUT2D eigenvalue weighted by atomic mass is 10.0. The maximum absolute atomic E-state index is 6.01. The largest absolute Gasteiger partial charge is 0.383 e. The van der Waals surface area contributed by atoms with Crippen LogP contribution in [0.4, 0.5) is 0 Å². The van der Waals surface area contributed by atoms with Gasteiger partial charge in [-0.3, -0.25) is 0 Å². The Hall–Kier alpha value is -0.160. The lowest BCUT2D eigenvalue weighted by Crippen LogP contribution is -2.49. The van der Waals surface area contributed by atoms with Gasteiger partial charge < -0.3 is 20.5 Å². The highest BCUT2D eigenvalue weighted by molar-refractivity contribution is 4.89. The Bertz CT molecular complexity index is 124. The number of hydrogen-bond acceptors (Lipinski definition) is 4. The van der Waals surface area contributed by atoms with E-state index in [1.807, 2.05) is 0 Å². The van der Waals surface area contributed by atoms with Crippen molar-refractivity contribution in [2.45, 2.75) is 12.0 Å². The lowest BCUT2D eigenvalue weighted by molar-refractivity contribution is 0.172. The van der Waals surface area contributed by atoms with Crippen molar-refractivity contribution in [2.24, 2.45) is 5.73 Å². The first-order chi connectivity index (χ1) is 5.77. The number of nitrogens with one attached hydrogen (secondary N) is 1. The third kappa shape index (κ3) is 3.06. The maximum Gasteiger partial charge on any atom is 0.0659 e. The molecule has 0 radical (unpaired) electrons. The Morgan fingerprint density at radius 1 is 1.67 bits per heavy atom. The van der Waals surface area contributed by atoms with Crippen molar-refractivity contribution in [3.05, 3.63) is 0 Å². The molecule has 1 fully saturated rings. The van der Waals surface area contributed by atoms with Crippen molar-refractivity contribution in [1.29, 1.82) is 0 Å². The first-order valence-electron chi connectivity index (χ1n) is 4.33. The van der Waals surface area contributed by atoms with Gasteiger partial charge in [-0.15, -0.1) is 0 Å². The van der Waals surface area contributed by atoms with Crippen molar-refractivity contribution in [1.82, 2.24) is 5.32 Å². The van der Waals surface area contributed by atoms with Crippen LogP contribution in [0.3, 0.4) is 0 Å². The first-order valence-corrected chi connectivity index (χ1v) is 4.33. The van der Waals surface area contributed by atoms with Crippen LogP contribution in [0.5, 0.6) is 0 Å². The van der Waals surface area contributed by atoms with E-state index in [9.17, 15) is 0 Å². The molecule has 0 aromatic heterocycles. The van der Waals surface area contributed by atoms with Crippen molar-refractivity contribution in [3.63, 3.8) is 0 Å². The van der Waals surface area contributed by atoms with E-state index < -0.39 is 0 Å². The summed E-state index contributed by atoms with van der Waals surface area (Å²) < 4.78 is 10.1. The normalized spacial score (nSPS) is 29.5. The molecule has 4 nitrogen and oxygen atoms in total. The predicted octanol–water partition coefficient (Wildman–Crippen LogP) is -0.660. The molecule has 1 aliphatic heterocycles. The molecule has 0 bridgehead atoms. The number of hydrogen-bond donors (Lipinski definition) is 2. The Morgan fingerprint density at radius 3 is 3.08 bits per heavy atom. The minimum Gasteiger partial charge on any atom is -0.383 e. The van der Waals surface area contributed by atoms with E-state index in [-0.39, 0.29) is 5.54 Å². The molecule has 0 amide bonds. The number of rotatable bonds is 5. The molecular formula is C8H18N2O2. The Balaban J connectivity index is 2.05. The number of methoxy groups -OCH3 is 1. The molecule has 12 heavy (non-hydrogen) atoms. The fourth-order valence-corrected chi connectivity index (χ4v) is 1.27. The molecule has 3 N–H and O–H groups in total. The zero-order valence-electron chi connectivity index (χ0n) is 7.64. The van der Waals surface area contributed by atoms with Gasteiger partial charge in [0.05, 0.1) is 18.8 Å². The van der Waals surface area contributed by atoms with Gasteiger partial charge in [0.25, 0.3) is 0 Å². The molecule has 1 heterocycles. The second-order valence-electron chi connectivity index (χ2n) is 3.33. The van der Waals surface area contributed by atoms with Crippen LogP contribution in [-0.2, 0) is 9.47 Å². The van der Waals surface area contributed by atoms with Gasteiger partial charge in [0, 0.05) is 26.8 Å². The van der Waals surface area contributed by atoms with Crippen LogP contribution < -0.4 is 11.1 Å². The van der Waals surface area contributed by atoms with E-state index in [1.54, 1.807) is 7.11 Å². The summed E-state index contributed by atoms with van der Waals surface area (Å²) in [6.45, 7) is 3.87. The maximum atomic E-state index is 6.01. The summed E-state index contributed by atoms with van der Waals surface area (Å²) in [7, 11) is 1.69. The smallest absolute Gasteiger partial charge is 0.0659 e. The number of ether oxygens (including phenoxy) is 2. The van der Waals surface area contributed by atoms with Gasteiger partial charge in [0.15, 0.2) is 0 Å². The van der Waals surface area contributed by atoms with Crippen LogP contribution in [0.25, 0.3) is 0 Å². The molecule has 0 aromatic carbocycles. The van der Waals surface area contributed by atoms with Crippen LogP contribution in [0.15, 0.2) is 0 Å². The third-order valence-electron chi connectivity index (χ3n) is 2.09. The minimum atomic E-state index is -0.145. The molecule has 1 saturated heterocycles. The molecule has 1 aliphatic rings. The SMILES string of the molecule is COCCNCC1(N)CCOC1. The van der Waals surface area contributed by atoms with E-state index >= 15 is 0 Å². The fraction of sp³-hybridized carbons (Fsp3) is 1.00. The van der Waals surface area contributed by atoms with E-state index in [4.69, 9.17) is 15.2 Å². The summed E-state index contributed by atoms with van der Waals surface area (Å²) in [5.41, 5.74) is 5.87. The van der Waals surface area contributed by atoms with Crippen LogP contribution >= 0.6 is 0 Å². The molecule has 1 unspecified atom stereocenters. The van der Waals surface area contributed by atoms with Gasteiger partial charge in [0.2, 0.25) is 0 Å². The van der Waals surface area contributed by atoms with Crippen LogP contribution in [0.2, 0.25) is 0 Å². The van der Waals surface area contributed by atoms with Crippen molar-refractivity contribution >= 4 is 0 Å². The molecule has 0 saturated carbocycles. The molecule has 4 heteroatoms. The Kier molecular flexibility index (Phi) is 3.94. The topological polar surface area (TPSA) is 56.5 Å². The molecule has 0 spiro atoms. The highest BCUT2D eigenvalue weighted by Crippen LogP contribution is 2.13. The van der Waals surface area contributed by atoms with Crippen molar-refractivity contribution in [3.8, 4) is 0 Å². The molecule has 1 atom stereocenters. The average Bonchev–Trinajstić information content (AvgIpc) is 2.47. The van der Waals surface area contributed by atoms with Crippen molar-refractivity contribution < 1.29 is 9.47 Å². The molecule has 1 rings (SSSR count). The zero-order chi connectivity index (χ0) is 8.86. The van der Waals surface area contributed by atoms with E-state index in [0.29, 0.717) is 6.61 Å². The quantitative estimate of drug-likeness (QED) is 0.543. The van der Waals surface area contributed by atoms with Gasteiger partial charge in [-0.25, -0.2) is 0 Å². The summed E-state index contributed by atoms with van der Waals surface area (Å²) >= 11 is 0. The van der Waals surface area contributed by atoms with E-state index in [1.165, 1.54) is 0 Å². The van der Waals surface area contributed by atoms with Gasteiger partial charge in [-0.05, 0) is 6.42 Å². The summed E-state index contributed by atoms with van der Waals surface area (Å²) in [5.74, 6) is 0. The standard InChI is InChI=1S/C8H18N2O2/c1-11-5-3-10-6-8(9)2-4-12-7-8/h10H,2-7,9H2,1H3. The summed E-state index contributed by atoms with van der Waals surface area (Å²) in [5, 5.41) is 3.24. The molecular weight excluding hydrogens is 156 g/mol. The Morgan fingerprint density at radius 2 is 2.50 bits per heavy atom. The second-order valence-corrected chi connectivity index (χ2v) is 3.33. The van der Waals surface area contributed by atoms with Crippen LogP contribution in [0, 0.1) is 0 Å². The molecule has 0 aliphatic carbocycles. The summed E-state index contributed by atoms with van der Waals surface area (Å²) in [6.07, 6.45) is 0.951. The van der Waals surface area contributed by atoms with Gasteiger partial charge in [-0.1, -0.05) is 0 Å². The van der Waals surface area contributed by atoms with E-state index in [2.05, 4.69) is 5.32 Å². The lowest BCUT2D eigenvalue weighted by Gasteiger charge is -2.21. The average molecular weight is 174 g/mol. The highest BCUT2D eigenvalue weighted by atomic mass is 16.5. The summed E-state index contributed by atoms with van der Waals surface area (Å²) in [4.78, 5) is 0. The third-order valence-corrected chi connectivity index (χ3v) is 2.09. The van der Waals surface area contributed by atoms with Gasteiger partial charge in [0.1, 0.15) is 0 Å². The zero-order valence-corrected chi connectivity index (χ0v) is 7.64. The summed E-state index contributed by atoms with van der Waals surface area (Å²) in [6, 6.07) is 0. The first kappa shape index (κ1) is 9.92. The Labute approximate surface area is 73.4 Å². The minimum absolute atomic E-state index is 0.145.